The number of amides is 2. The van der Waals surface area contributed by atoms with E-state index in [1.165, 1.54) is 6.20 Å². The lowest BCUT2D eigenvalue weighted by Gasteiger charge is -2.12. The van der Waals surface area contributed by atoms with E-state index in [2.05, 4.69) is 10.6 Å². The molecule has 2 N–H and O–H groups in total. The van der Waals surface area contributed by atoms with Crippen molar-refractivity contribution in [3.8, 4) is 11.5 Å². The fourth-order valence-corrected chi connectivity index (χ4v) is 3.46. The summed E-state index contributed by atoms with van der Waals surface area (Å²) in [5.74, 6) is 1.14. The van der Waals surface area contributed by atoms with Gasteiger partial charge in [0.05, 0.1) is 17.2 Å². The van der Waals surface area contributed by atoms with Crippen LogP contribution in [0.4, 0.5) is 0 Å². The second-order valence-corrected chi connectivity index (χ2v) is 7.07. The number of pyridine rings is 1. The van der Waals surface area contributed by atoms with Crippen molar-refractivity contribution in [1.82, 2.24) is 15.2 Å². The Balaban J connectivity index is 1.39. The zero-order chi connectivity index (χ0) is 21.8. The highest BCUT2D eigenvalue weighted by molar-refractivity contribution is 5.98. The Labute approximate surface area is 177 Å². The number of carbonyl (C=O) groups is 2. The van der Waals surface area contributed by atoms with E-state index in [1.807, 2.05) is 17.6 Å². The molecule has 0 aliphatic carbocycles. The molecule has 3 heterocycles. The number of hydrogen-bond acceptors (Lipinski definition) is 6. The average Bonchev–Trinajstić information content (AvgIpc) is 3.44. The summed E-state index contributed by atoms with van der Waals surface area (Å²) in [5, 5.41) is 5.81. The van der Waals surface area contributed by atoms with E-state index in [0.717, 1.165) is 5.76 Å². The lowest BCUT2D eigenvalue weighted by atomic mass is 10.1. The van der Waals surface area contributed by atoms with Gasteiger partial charge in [0.15, 0.2) is 11.5 Å². The van der Waals surface area contributed by atoms with Crippen LogP contribution in [0.5, 0.6) is 11.5 Å². The van der Waals surface area contributed by atoms with E-state index in [4.69, 9.17) is 13.9 Å². The molecule has 162 valence electrons. The van der Waals surface area contributed by atoms with Crippen LogP contribution < -0.4 is 25.5 Å². The standard InChI is InChI=1S/C22H23N3O6/c1-2-25-12-16(21(27)15-10-18-19(11-17(15)25)31-13-30-18)22(28)24-8-6-20(26)23-7-5-14-4-3-9-29-14/h3-4,9-12H,2,5-8,13H2,1H3,(H,23,26)(H,24,28). The van der Waals surface area contributed by atoms with Gasteiger partial charge in [0, 0.05) is 44.7 Å². The molecule has 1 aliphatic rings. The van der Waals surface area contributed by atoms with E-state index in [1.54, 1.807) is 24.5 Å². The topological polar surface area (TPSA) is 112 Å². The quantitative estimate of drug-likeness (QED) is 0.570. The van der Waals surface area contributed by atoms with Gasteiger partial charge in [0.25, 0.3) is 5.91 Å². The van der Waals surface area contributed by atoms with Gasteiger partial charge in [-0.2, -0.15) is 0 Å². The maximum atomic E-state index is 12.9. The summed E-state index contributed by atoms with van der Waals surface area (Å²) < 4.78 is 17.8. The van der Waals surface area contributed by atoms with Crippen molar-refractivity contribution >= 4 is 22.7 Å². The molecule has 4 rings (SSSR count). The van der Waals surface area contributed by atoms with Crippen LogP contribution in [0, 0.1) is 0 Å². The molecular weight excluding hydrogens is 402 g/mol. The van der Waals surface area contributed by atoms with Crippen molar-refractivity contribution in [2.45, 2.75) is 26.3 Å². The SMILES string of the molecule is CCn1cc(C(=O)NCCC(=O)NCCc2ccco2)c(=O)c2cc3c(cc21)OCO3. The highest BCUT2D eigenvalue weighted by Gasteiger charge is 2.20. The van der Waals surface area contributed by atoms with Crippen LogP contribution in [-0.4, -0.2) is 36.3 Å². The average molecular weight is 425 g/mol. The monoisotopic (exact) mass is 425 g/mol. The molecule has 9 heteroatoms. The third kappa shape index (κ3) is 4.40. The molecule has 0 saturated carbocycles. The van der Waals surface area contributed by atoms with Crippen molar-refractivity contribution in [2.75, 3.05) is 19.9 Å². The van der Waals surface area contributed by atoms with Crippen LogP contribution in [0.25, 0.3) is 10.9 Å². The number of aromatic nitrogens is 1. The number of rotatable bonds is 8. The molecule has 0 spiro atoms. The Hall–Kier alpha value is -3.75. The first-order valence-electron chi connectivity index (χ1n) is 10.1. The second kappa shape index (κ2) is 8.95. The Kier molecular flexibility index (Phi) is 5.92. The van der Waals surface area contributed by atoms with Crippen LogP contribution in [0.3, 0.4) is 0 Å². The summed E-state index contributed by atoms with van der Waals surface area (Å²) in [6.07, 6.45) is 3.82. The van der Waals surface area contributed by atoms with Crippen LogP contribution in [0.15, 0.2) is 45.9 Å². The highest BCUT2D eigenvalue weighted by atomic mass is 16.7. The summed E-state index contributed by atoms with van der Waals surface area (Å²) in [6.45, 7) is 3.15. The maximum absolute atomic E-state index is 12.9. The Morgan fingerprint density at radius 1 is 1.13 bits per heavy atom. The minimum Gasteiger partial charge on any atom is -0.469 e. The number of nitrogens with one attached hydrogen (secondary N) is 2. The van der Waals surface area contributed by atoms with Gasteiger partial charge in [-0.1, -0.05) is 0 Å². The van der Waals surface area contributed by atoms with Crippen molar-refractivity contribution in [1.29, 1.82) is 0 Å². The molecule has 0 unspecified atom stereocenters. The largest absolute Gasteiger partial charge is 0.469 e. The third-order valence-electron chi connectivity index (χ3n) is 5.07. The minimum atomic E-state index is -0.518. The lowest BCUT2D eigenvalue weighted by molar-refractivity contribution is -0.120. The molecule has 9 nitrogen and oxygen atoms in total. The molecule has 1 aliphatic heterocycles. The van der Waals surface area contributed by atoms with Crippen LogP contribution in [0.2, 0.25) is 0 Å². The minimum absolute atomic E-state index is 0.0199. The lowest BCUT2D eigenvalue weighted by Crippen LogP contribution is -2.34. The van der Waals surface area contributed by atoms with Gasteiger partial charge in [0.1, 0.15) is 11.3 Å². The summed E-state index contributed by atoms with van der Waals surface area (Å²) >= 11 is 0. The number of aryl methyl sites for hydroxylation is 1. The van der Waals surface area contributed by atoms with Crippen molar-refractivity contribution in [3.63, 3.8) is 0 Å². The zero-order valence-electron chi connectivity index (χ0n) is 17.1. The number of furan rings is 1. The maximum Gasteiger partial charge on any atom is 0.256 e. The van der Waals surface area contributed by atoms with Crippen molar-refractivity contribution < 1.29 is 23.5 Å². The smallest absolute Gasteiger partial charge is 0.256 e. The van der Waals surface area contributed by atoms with Gasteiger partial charge >= 0.3 is 0 Å². The number of carbonyl (C=O) groups excluding carboxylic acids is 2. The molecule has 0 radical (unpaired) electrons. The van der Waals surface area contributed by atoms with Crippen molar-refractivity contribution in [2.24, 2.45) is 0 Å². The summed E-state index contributed by atoms with van der Waals surface area (Å²) in [7, 11) is 0. The molecule has 2 amide bonds. The van der Waals surface area contributed by atoms with Gasteiger partial charge in [-0.15, -0.1) is 0 Å². The third-order valence-corrected chi connectivity index (χ3v) is 5.07. The number of ether oxygens (including phenoxy) is 2. The first-order valence-corrected chi connectivity index (χ1v) is 10.1. The Morgan fingerprint density at radius 2 is 1.94 bits per heavy atom. The number of benzene rings is 1. The first-order chi connectivity index (χ1) is 15.1. The highest BCUT2D eigenvalue weighted by Crippen LogP contribution is 2.35. The first kappa shape index (κ1) is 20.5. The fourth-order valence-electron chi connectivity index (χ4n) is 3.46. The van der Waals surface area contributed by atoms with E-state index in [0.29, 0.717) is 41.9 Å². The molecule has 0 saturated heterocycles. The normalized spacial score (nSPS) is 12.2. The molecule has 0 atom stereocenters. The number of fused-ring (bicyclic) bond motifs is 2. The summed E-state index contributed by atoms with van der Waals surface area (Å²) in [5.41, 5.74) is 0.300. The van der Waals surface area contributed by atoms with Crippen LogP contribution in [-0.2, 0) is 17.8 Å². The molecule has 0 fully saturated rings. The van der Waals surface area contributed by atoms with Gasteiger partial charge < -0.3 is 29.1 Å². The molecule has 1 aromatic carbocycles. The number of nitrogens with zero attached hydrogens (tertiary/aromatic N) is 1. The summed E-state index contributed by atoms with van der Waals surface area (Å²) in [6, 6.07) is 6.99. The van der Waals surface area contributed by atoms with Gasteiger partial charge in [-0.05, 0) is 25.1 Å². The predicted octanol–water partition coefficient (Wildman–Crippen LogP) is 1.82. The van der Waals surface area contributed by atoms with Gasteiger partial charge in [-0.3, -0.25) is 14.4 Å². The Bertz CT molecular complexity index is 1170. The molecule has 2 aromatic heterocycles. The molecule has 3 aromatic rings. The predicted molar refractivity (Wildman–Crippen MR) is 112 cm³/mol. The fraction of sp³-hybridized carbons (Fsp3) is 0.318. The van der Waals surface area contributed by atoms with E-state index in [9.17, 15) is 14.4 Å². The van der Waals surface area contributed by atoms with E-state index >= 15 is 0 Å². The van der Waals surface area contributed by atoms with E-state index < -0.39 is 11.3 Å². The van der Waals surface area contributed by atoms with E-state index in [-0.39, 0.29) is 31.2 Å². The molecule has 31 heavy (non-hydrogen) atoms. The van der Waals surface area contributed by atoms with Crippen LogP contribution >= 0.6 is 0 Å². The van der Waals surface area contributed by atoms with Crippen molar-refractivity contribution in [3.05, 3.63) is 58.3 Å². The van der Waals surface area contributed by atoms with Gasteiger partial charge in [-0.25, -0.2) is 0 Å². The zero-order valence-corrected chi connectivity index (χ0v) is 17.1. The van der Waals surface area contributed by atoms with Crippen LogP contribution in [0.1, 0.15) is 29.5 Å². The molecule has 0 bridgehead atoms. The molecular formula is C22H23N3O6. The summed E-state index contributed by atoms with van der Waals surface area (Å²) in [4.78, 5) is 37.5. The number of hydrogen-bond donors (Lipinski definition) is 2. The second-order valence-electron chi connectivity index (χ2n) is 7.07. The Morgan fingerprint density at radius 3 is 2.68 bits per heavy atom. The van der Waals surface area contributed by atoms with Gasteiger partial charge in [0.2, 0.25) is 18.1 Å².